The average Bonchev–Trinajstić information content (AvgIpc) is 1.96. The highest BCUT2D eigenvalue weighted by Crippen LogP contribution is 2.07. The van der Waals surface area contributed by atoms with Crippen LogP contribution in [0.4, 0.5) is 0 Å². The number of carbonyl (C=O) groups is 1. The van der Waals surface area contributed by atoms with Crippen molar-refractivity contribution < 1.29 is 9.90 Å². The lowest BCUT2D eigenvalue weighted by molar-refractivity contribution is -0.142. The van der Waals surface area contributed by atoms with Gasteiger partial charge in [0, 0.05) is 0 Å². The van der Waals surface area contributed by atoms with Gasteiger partial charge in [-0.05, 0) is 20.5 Å². The van der Waals surface area contributed by atoms with Crippen LogP contribution in [0, 0.1) is 0 Å². The minimum atomic E-state index is -0.712. The van der Waals surface area contributed by atoms with Crippen molar-refractivity contribution in [2.24, 2.45) is 0 Å². The molecule has 72 valence electrons. The molecule has 0 aliphatic carbocycles. The van der Waals surface area contributed by atoms with Crippen molar-refractivity contribution in [1.82, 2.24) is 4.90 Å². The van der Waals surface area contributed by atoms with Gasteiger partial charge in [0.15, 0.2) is 0 Å². The molecule has 0 aromatic carbocycles. The van der Waals surface area contributed by atoms with E-state index in [-0.39, 0.29) is 6.04 Å². The number of hydrogen-bond acceptors (Lipinski definition) is 2. The SMILES string of the molecule is CCCCCC(C(=O)O)N(C)C. The molecule has 0 fully saturated rings. The first-order valence-corrected chi connectivity index (χ1v) is 4.48. The highest BCUT2D eigenvalue weighted by Gasteiger charge is 2.18. The van der Waals surface area contributed by atoms with Crippen LogP contribution < -0.4 is 0 Å². The van der Waals surface area contributed by atoms with E-state index in [1.54, 1.807) is 4.90 Å². The Hall–Kier alpha value is -0.570. The van der Waals surface area contributed by atoms with Crippen LogP contribution in [-0.2, 0) is 4.79 Å². The second-order valence-corrected chi connectivity index (χ2v) is 3.31. The van der Waals surface area contributed by atoms with Crippen LogP contribution in [0.2, 0.25) is 0 Å². The van der Waals surface area contributed by atoms with E-state index in [2.05, 4.69) is 6.92 Å². The third kappa shape index (κ3) is 4.34. The Morgan fingerprint density at radius 1 is 1.42 bits per heavy atom. The van der Waals surface area contributed by atoms with E-state index in [1.165, 1.54) is 0 Å². The van der Waals surface area contributed by atoms with Gasteiger partial charge in [-0.1, -0.05) is 26.2 Å². The molecule has 1 atom stereocenters. The number of aliphatic carboxylic acids is 1. The normalized spacial score (nSPS) is 13.3. The molecule has 0 bridgehead atoms. The maximum atomic E-state index is 10.7. The van der Waals surface area contributed by atoms with Crippen molar-refractivity contribution in [1.29, 1.82) is 0 Å². The van der Waals surface area contributed by atoms with Crippen LogP contribution in [-0.4, -0.2) is 36.1 Å². The lowest BCUT2D eigenvalue weighted by atomic mass is 10.1. The molecule has 0 radical (unpaired) electrons. The molecular weight excluding hydrogens is 154 g/mol. The third-order valence-electron chi connectivity index (χ3n) is 1.99. The predicted octanol–water partition coefficient (Wildman–Crippen LogP) is 1.58. The highest BCUT2D eigenvalue weighted by molar-refractivity contribution is 5.73. The molecule has 0 spiro atoms. The molecule has 1 unspecified atom stereocenters. The van der Waals surface area contributed by atoms with Crippen LogP contribution in [0.1, 0.15) is 32.6 Å². The fourth-order valence-electron chi connectivity index (χ4n) is 1.19. The Kier molecular flexibility index (Phi) is 5.72. The number of carboxylic acids is 1. The van der Waals surface area contributed by atoms with E-state index in [0.717, 1.165) is 25.7 Å². The second-order valence-electron chi connectivity index (χ2n) is 3.31. The Morgan fingerprint density at radius 2 is 2.00 bits per heavy atom. The standard InChI is InChI=1S/C9H19NO2/c1-4-5-6-7-8(9(11)12)10(2)3/h8H,4-7H2,1-3H3,(H,11,12). The van der Waals surface area contributed by atoms with Gasteiger partial charge in [0.1, 0.15) is 6.04 Å². The molecule has 12 heavy (non-hydrogen) atoms. The molecule has 0 rings (SSSR count). The zero-order valence-corrected chi connectivity index (χ0v) is 8.21. The average molecular weight is 173 g/mol. The van der Waals surface area contributed by atoms with Crippen molar-refractivity contribution in [3.63, 3.8) is 0 Å². The van der Waals surface area contributed by atoms with Gasteiger partial charge in [-0.2, -0.15) is 0 Å². The molecule has 3 heteroatoms. The van der Waals surface area contributed by atoms with Gasteiger partial charge in [-0.15, -0.1) is 0 Å². The summed E-state index contributed by atoms with van der Waals surface area (Å²) in [5, 5.41) is 8.80. The summed E-state index contributed by atoms with van der Waals surface area (Å²) in [6, 6.07) is -0.309. The second kappa shape index (κ2) is 6.00. The van der Waals surface area contributed by atoms with Crippen LogP contribution in [0.5, 0.6) is 0 Å². The lowest BCUT2D eigenvalue weighted by Crippen LogP contribution is -2.35. The molecule has 0 aliphatic rings. The largest absolute Gasteiger partial charge is 0.480 e. The summed E-state index contributed by atoms with van der Waals surface area (Å²) in [5.74, 6) is -0.712. The molecule has 0 saturated heterocycles. The Bertz CT molecular complexity index is 134. The topological polar surface area (TPSA) is 40.5 Å². The number of rotatable bonds is 6. The number of nitrogens with zero attached hydrogens (tertiary/aromatic N) is 1. The summed E-state index contributed by atoms with van der Waals surface area (Å²) in [7, 11) is 3.62. The third-order valence-corrected chi connectivity index (χ3v) is 1.99. The number of unbranched alkanes of at least 4 members (excludes halogenated alkanes) is 2. The van der Waals surface area contributed by atoms with Crippen LogP contribution >= 0.6 is 0 Å². The van der Waals surface area contributed by atoms with Gasteiger partial charge in [-0.25, -0.2) is 0 Å². The first-order valence-electron chi connectivity index (χ1n) is 4.48. The first kappa shape index (κ1) is 11.4. The fourth-order valence-corrected chi connectivity index (χ4v) is 1.19. The van der Waals surface area contributed by atoms with Crippen LogP contribution in [0.25, 0.3) is 0 Å². The van der Waals surface area contributed by atoms with Gasteiger partial charge < -0.3 is 5.11 Å². The van der Waals surface area contributed by atoms with E-state index in [4.69, 9.17) is 5.11 Å². The molecule has 3 nitrogen and oxygen atoms in total. The van der Waals surface area contributed by atoms with Crippen molar-refractivity contribution in [3.05, 3.63) is 0 Å². The van der Waals surface area contributed by atoms with Crippen LogP contribution in [0.15, 0.2) is 0 Å². The molecule has 0 aromatic rings. The van der Waals surface area contributed by atoms with Crippen LogP contribution in [0.3, 0.4) is 0 Å². The summed E-state index contributed by atoms with van der Waals surface area (Å²) in [6.07, 6.45) is 4.03. The zero-order chi connectivity index (χ0) is 9.56. The molecule has 0 aromatic heterocycles. The number of carboxylic acid groups (broad SMARTS) is 1. The monoisotopic (exact) mass is 173 g/mol. The molecular formula is C9H19NO2. The van der Waals surface area contributed by atoms with Crippen molar-refractivity contribution in [3.8, 4) is 0 Å². The van der Waals surface area contributed by atoms with Gasteiger partial charge in [0.25, 0.3) is 0 Å². The van der Waals surface area contributed by atoms with E-state index in [0.29, 0.717) is 0 Å². The summed E-state index contributed by atoms with van der Waals surface area (Å²) >= 11 is 0. The summed E-state index contributed by atoms with van der Waals surface area (Å²) in [5.41, 5.74) is 0. The molecule has 0 amide bonds. The minimum Gasteiger partial charge on any atom is -0.480 e. The Labute approximate surface area is 74.4 Å². The van der Waals surface area contributed by atoms with Crippen molar-refractivity contribution in [2.45, 2.75) is 38.6 Å². The maximum Gasteiger partial charge on any atom is 0.320 e. The van der Waals surface area contributed by atoms with E-state index < -0.39 is 5.97 Å². The lowest BCUT2D eigenvalue weighted by Gasteiger charge is -2.19. The maximum absolute atomic E-state index is 10.7. The van der Waals surface area contributed by atoms with Crippen molar-refractivity contribution in [2.75, 3.05) is 14.1 Å². The summed E-state index contributed by atoms with van der Waals surface area (Å²) in [4.78, 5) is 12.5. The highest BCUT2D eigenvalue weighted by atomic mass is 16.4. The molecule has 1 N–H and O–H groups in total. The Morgan fingerprint density at radius 3 is 2.33 bits per heavy atom. The van der Waals surface area contributed by atoms with Crippen molar-refractivity contribution >= 4 is 5.97 Å². The predicted molar refractivity (Wildman–Crippen MR) is 49.3 cm³/mol. The molecule has 0 aliphatic heterocycles. The summed E-state index contributed by atoms with van der Waals surface area (Å²) < 4.78 is 0. The van der Waals surface area contributed by atoms with E-state index in [1.807, 2.05) is 14.1 Å². The minimum absolute atomic E-state index is 0.309. The van der Waals surface area contributed by atoms with Gasteiger partial charge in [0.05, 0.1) is 0 Å². The van der Waals surface area contributed by atoms with Gasteiger partial charge in [0.2, 0.25) is 0 Å². The Balaban J connectivity index is 3.72. The molecule has 0 saturated carbocycles. The van der Waals surface area contributed by atoms with Gasteiger partial charge in [-0.3, -0.25) is 9.69 Å². The number of likely N-dealkylation sites (N-methyl/N-ethyl adjacent to an activating group) is 1. The summed E-state index contributed by atoms with van der Waals surface area (Å²) in [6.45, 7) is 2.12. The van der Waals surface area contributed by atoms with Gasteiger partial charge >= 0.3 is 5.97 Å². The first-order chi connectivity index (χ1) is 5.59. The van der Waals surface area contributed by atoms with E-state index >= 15 is 0 Å². The molecule has 0 heterocycles. The smallest absolute Gasteiger partial charge is 0.320 e. The quantitative estimate of drug-likeness (QED) is 0.620. The zero-order valence-electron chi connectivity index (χ0n) is 8.21. The fraction of sp³-hybridized carbons (Fsp3) is 0.889. The number of hydrogen-bond donors (Lipinski definition) is 1. The van der Waals surface area contributed by atoms with E-state index in [9.17, 15) is 4.79 Å².